The average molecular weight is 274 g/mol. The van der Waals surface area contributed by atoms with E-state index < -0.39 is 0 Å². The minimum atomic E-state index is -0.354. The van der Waals surface area contributed by atoms with Crippen LogP contribution in [-0.2, 0) is 6.54 Å². The Morgan fingerprint density at radius 1 is 1.30 bits per heavy atom. The van der Waals surface area contributed by atoms with Gasteiger partial charge in [0.15, 0.2) is 0 Å². The van der Waals surface area contributed by atoms with Crippen LogP contribution in [0.25, 0.3) is 0 Å². The second-order valence-corrected chi connectivity index (χ2v) is 6.81. The average Bonchev–Trinajstić information content (AvgIpc) is 2.41. The van der Waals surface area contributed by atoms with Gasteiger partial charge in [-0.1, -0.05) is 32.9 Å². The smallest absolute Gasteiger partial charge is 0.145 e. The number of rotatable bonds is 2. The highest BCUT2D eigenvalue weighted by Gasteiger charge is 2.28. The van der Waals surface area contributed by atoms with Gasteiger partial charge < -0.3 is 0 Å². The van der Waals surface area contributed by atoms with E-state index in [4.69, 9.17) is 5.26 Å². The molecule has 2 rings (SSSR count). The molecule has 20 heavy (non-hydrogen) atoms. The molecule has 0 bridgehead atoms. The maximum Gasteiger partial charge on any atom is 0.145 e. The van der Waals surface area contributed by atoms with Crippen molar-refractivity contribution in [1.29, 1.82) is 5.26 Å². The summed E-state index contributed by atoms with van der Waals surface area (Å²) in [6, 6.07) is 6.99. The quantitative estimate of drug-likeness (QED) is 0.816. The fraction of sp³-hybridized carbons (Fsp3) is 0.588. The lowest BCUT2D eigenvalue weighted by molar-refractivity contribution is 0.107. The molecule has 0 N–H and O–H groups in total. The first kappa shape index (κ1) is 15.0. The number of hydrogen-bond acceptors (Lipinski definition) is 2. The first-order valence-electron chi connectivity index (χ1n) is 7.31. The zero-order valence-corrected chi connectivity index (χ0v) is 12.6. The lowest BCUT2D eigenvalue weighted by Crippen LogP contribution is -2.37. The summed E-state index contributed by atoms with van der Waals surface area (Å²) in [5.74, 6) is 0.391. The molecule has 0 spiro atoms. The molecule has 0 saturated carbocycles. The van der Waals surface area contributed by atoms with E-state index in [1.807, 2.05) is 6.07 Å². The number of nitrogens with zero attached hydrogens (tertiary/aromatic N) is 2. The molecule has 0 unspecified atom stereocenters. The molecule has 1 aromatic rings. The molecule has 0 aromatic heterocycles. The summed E-state index contributed by atoms with van der Waals surface area (Å²) in [4.78, 5) is 2.29. The highest BCUT2D eigenvalue weighted by molar-refractivity contribution is 5.34. The first-order valence-corrected chi connectivity index (χ1v) is 7.31. The van der Waals surface area contributed by atoms with Crippen LogP contribution in [0.1, 0.15) is 44.7 Å². The normalized spacial score (nSPS) is 17.9. The van der Waals surface area contributed by atoms with E-state index >= 15 is 0 Å². The van der Waals surface area contributed by atoms with Crippen LogP contribution in [0.2, 0.25) is 0 Å². The monoisotopic (exact) mass is 274 g/mol. The van der Waals surface area contributed by atoms with Gasteiger partial charge in [0.1, 0.15) is 11.9 Å². The summed E-state index contributed by atoms with van der Waals surface area (Å²) in [5.41, 5.74) is 1.14. The number of hydrogen-bond donors (Lipinski definition) is 0. The molecular weight excluding hydrogens is 251 g/mol. The largest absolute Gasteiger partial charge is 0.299 e. The van der Waals surface area contributed by atoms with Crippen LogP contribution in [0.4, 0.5) is 4.39 Å². The Balaban J connectivity index is 1.99. The van der Waals surface area contributed by atoms with E-state index in [-0.39, 0.29) is 11.4 Å². The van der Waals surface area contributed by atoms with Crippen LogP contribution in [0.15, 0.2) is 18.2 Å². The van der Waals surface area contributed by atoms with Crippen LogP contribution < -0.4 is 0 Å². The third-order valence-corrected chi connectivity index (χ3v) is 4.41. The molecule has 3 heteroatoms. The minimum Gasteiger partial charge on any atom is -0.299 e. The van der Waals surface area contributed by atoms with Crippen LogP contribution in [-0.4, -0.2) is 18.0 Å². The van der Waals surface area contributed by atoms with Gasteiger partial charge in [-0.25, -0.2) is 4.39 Å². The van der Waals surface area contributed by atoms with Gasteiger partial charge >= 0.3 is 0 Å². The van der Waals surface area contributed by atoms with E-state index in [1.54, 1.807) is 12.1 Å². The second-order valence-electron chi connectivity index (χ2n) is 6.81. The Labute approximate surface area is 121 Å². The minimum absolute atomic E-state index is 0.145. The van der Waals surface area contributed by atoms with Crippen LogP contribution in [0.5, 0.6) is 0 Å². The van der Waals surface area contributed by atoms with E-state index in [0.29, 0.717) is 17.5 Å². The second kappa shape index (κ2) is 5.93. The third kappa shape index (κ3) is 3.37. The molecule has 0 radical (unpaired) electrons. The van der Waals surface area contributed by atoms with Gasteiger partial charge in [-0.3, -0.25) is 4.90 Å². The van der Waals surface area contributed by atoms with E-state index in [2.05, 4.69) is 25.7 Å². The molecule has 1 aliphatic heterocycles. The van der Waals surface area contributed by atoms with Crippen molar-refractivity contribution in [2.24, 2.45) is 11.3 Å². The van der Waals surface area contributed by atoms with Gasteiger partial charge in [0.2, 0.25) is 0 Å². The summed E-state index contributed by atoms with van der Waals surface area (Å²) in [6.45, 7) is 9.52. The van der Waals surface area contributed by atoms with E-state index in [1.165, 1.54) is 18.9 Å². The molecule has 1 fully saturated rings. The molecule has 0 aliphatic carbocycles. The number of piperidine rings is 1. The summed E-state index contributed by atoms with van der Waals surface area (Å²) < 4.78 is 14.0. The Kier molecular flexibility index (Phi) is 4.45. The molecule has 2 nitrogen and oxygen atoms in total. The Morgan fingerprint density at radius 3 is 2.50 bits per heavy atom. The van der Waals surface area contributed by atoms with Gasteiger partial charge in [-0.15, -0.1) is 0 Å². The molecular formula is C17H23FN2. The predicted octanol–water partition coefficient (Wildman–Crippen LogP) is 3.96. The number of halogens is 1. The van der Waals surface area contributed by atoms with Gasteiger partial charge in [-0.05, 0) is 43.3 Å². The van der Waals surface area contributed by atoms with Gasteiger partial charge in [0.05, 0.1) is 5.56 Å². The zero-order chi connectivity index (χ0) is 14.8. The fourth-order valence-corrected chi connectivity index (χ4v) is 2.99. The van der Waals surface area contributed by atoms with Gasteiger partial charge in [0, 0.05) is 12.1 Å². The van der Waals surface area contributed by atoms with Crippen molar-refractivity contribution >= 4 is 0 Å². The van der Waals surface area contributed by atoms with Crippen molar-refractivity contribution in [3.63, 3.8) is 0 Å². The lowest BCUT2D eigenvalue weighted by atomic mass is 9.75. The topological polar surface area (TPSA) is 27.0 Å². The lowest BCUT2D eigenvalue weighted by Gasteiger charge is -2.38. The number of likely N-dealkylation sites (tertiary alicyclic amines) is 1. The molecule has 108 valence electrons. The maximum absolute atomic E-state index is 14.0. The molecule has 1 aromatic carbocycles. The maximum atomic E-state index is 14.0. The third-order valence-electron chi connectivity index (χ3n) is 4.41. The Hall–Kier alpha value is -1.40. The Morgan fingerprint density at radius 2 is 1.95 bits per heavy atom. The summed E-state index contributed by atoms with van der Waals surface area (Å²) in [6.07, 6.45) is 2.34. The van der Waals surface area contributed by atoms with Crippen molar-refractivity contribution in [2.75, 3.05) is 13.1 Å². The van der Waals surface area contributed by atoms with Crippen molar-refractivity contribution in [2.45, 2.75) is 40.2 Å². The van der Waals surface area contributed by atoms with Crippen molar-refractivity contribution in [3.05, 3.63) is 35.1 Å². The standard InChI is InChI=1S/C17H23FN2/c1-17(2,3)15-7-9-20(10-8-15)12-14-6-4-5-13(11-19)16(14)18/h4-6,15H,7-10,12H2,1-3H3. The van der Waals surface area contributed by atoms with E-state index in [9.17, 15) is 4.39 Å². The van der Waals surface area contributed by atoms with Crippen LogP contribution in [0.3, 0.4) is 0 Å². The molecule has 0 atom stereocenters. The molecule has 1 heterocycles. The van der Waals surface area contributed by atoms with Crippen molar-refractivity contribution in [1.82, 2.24) is 4.90 Å². The number of nitriles is 1. The van der Waals surface area contributed by atoms with E-state index in [0.717, 1.165) is 19.0 Å². The first-order chi connectivity index (χ1) is 9.41. The van der Waals surface area contributed by atoms with Crippen molar-refractivity contribution < 1.29 is 4.39 Å². The predicted molar refractivity (Wildman–Crippen MR) is 78.6 cm³/mol. The molecule has 1 aliphatic rings. The zero-order valence-electron chi connectivity index (χ0n) is 12.6. The highest BCUT2D eigenvalue weighted by atomic mass is 19.1. The van der Waals surface area contributed by atoms with Gasteiger partial charge in [0.25, 0.3) is 0 Å². The van der Waals surface area contributed by atoms with Crippen LogP contribution in [0, 0.1) is 28.5 Å². The SMILES string of the molecule is CC(C)(C)C1CCN(Cc2cccc(C#N)c2F)CC1. The van der Waals surface area contributed by atoms with Gasteiger partial charge in [-0.2, -0.15) is 5.26 Å². The van der Waals surface area contributed by atoms with Crippen LogP contribution >= 0.6 is 0 Å². The van der Waals surface area contributed by atoms with Crippen molar-refractivity contribution in [3.8, 4) is 6.07 Å². The summed E-state index contributed by atoms with van der Waals surface area (Å²) >= 11 is 0. The fourth-order valence-electron chi connectivity index (χ4n) is 2.99. The molecule has 1 saturated heterocycles. The molecule has 0 amide bonds. The Bertz CT molecular complexity index is 503. The highest BCUT2D eigenvalue weighted by Crippen LogP contribution is 2.34. The summed E-state index contributed by atoms with van der Waals surface area (Å²) in [5, 5.41) is 8.87. The number of benzene rings is 1. The summed E-state index contributed by atoms with van der Waals surface area (Å²) in [7, 11) is 0.